The maximum absolute atomic E-state index is 5.93. The first-order chi connectivity index (χ1) is 6.45. The Morgan fingerprint density at radius 2 is 1.50 bits per heavy atom. The molecule has 0 saturated carbocycles. The highest BCUT2D eigenvalue weighted by Crippen LogP contribution is 2.24. The van der Waals surface area contributed by atoms with Gasteiger partial charge in [-0.05, 0) is 27.8 Å². The summed E-state index contributed by atoms with van der Waals surface area (Å²) >= 11 is 0. The molecule has 0 bridgehead atoms. The van der Waals surface area contributed by atoms with E-state index < -0.39 is 0 Å². The molecule has 0 aliphatic carbocycles. The summed E-state index contributed by atoms with van der Waals surface area (Å²) in [6.07, 6.45) is 1.00. The lowest BCUT2D eigenvalue weighted by molar-refractivity contribution is -0.150. The van der Waals surface area contributed by atoms with Crippen molar-refractivity contribution in [1.29, 1.82) is 0 Å². The first kappa shape index (κ1) is 10.4. The van der Waals surface area contributed by atoms with Crippen LogP contribution in [0.25, 0.3) is 0 Å². The lowest BCUT2D eigenvalue weighted by atomic mass is 9.99. The van der Waals surface area contributed by atoms with Crippen LogP contribution in [-0.2, 0) is 4.74 Å². The average molecular weight is 198 g/mol. The molecular weight excluding hydrogens is 176 g/mol. The van der Waals surface area contributed by atoms with Crippen molar-refractivity contribution < 1.29 is 4.74 Å². The van der Waals surface area contributed by atoms with Crippen LogP contribution >= 0.6 is 0 Å². The highest BCUT2D eigenvalue weighted by molar-refractivity contribution is 4.91. The quantitative estimate of drug-likeness (QED) is 0.653. The summed E-state index contributed by atoms with van der Waals surface area (Å²) in [5.74, 6) is 0. The SMILES string of the molecule is CN1CC(OC2CN(C(C)(C)C)C2)C1. The van der Waals surface area contributed by atoms with Gasteiger partial charge in [0.05, 0.1) is 12.2 Å². The van der Waals surface area contributed by atoms with Crippen molar-refractivity contribution in [3.05, 3.63) is 0 Å². The molecule has 0 atom stereocenters. The van der Waals surface area contributed by atoms with Gasteiger partial charge in [0.25, 0.3) is 0 Å². The second kappa shape index (κ2) is 3.47. The molecule has 0 radical (unpaired) electrons. The molecule has 0 aromatic heterocycles. The van der Waals surface area contributed by atoms with Gasteiger partial charge in [0, 0.05) is 31.7 Å². The second-order valence-electron chi connectivity index (χ2n) is 5.68. The van der Waals surface area contributed by atoms with E-state index in [1.165, 1.54) is 0 Å². The van der Waals surface area contributed by atoms with Gasteiger partial charge >= 0.3 is 0 Å². The van der Waals surface area contributed by atoms with E-state index in [-0.39, 0.29) is 0 Å². The lowest BCUT2D eigenvalue weighted by Gasteiger charge is -2.49. The molecule has 2 aliphatic heterocycles. The fourth-order valence-corrected chi connectivity index (χ4v) is 2.07. The molecule has 2 heterocycles. The van der Waals surface area contributed by atoms with Crippen LogP contribution in [0.3, 0.4) is 0 Å². The van der Waals surface area contributed by atoms with Crippen molar-refractivity contribution in [1.82, 2.24) is 9.80 Å². The van der Waals surface area contributed by atoms with Crippen LogP contribution in [0.4, 0.5) is 0 Å². The number of likely N-dealkylation sites (tertiary alicyclic amines) is 2. The smallest absolute Gasteiger partial charge is 0.0834 e. The molecule has 2 fully saturated rings. The first-order valence-electron chi connectivity index (χ1n) is 5.54. The second-order valence-corrected chi connectivity index (χ2v) is 5.68. The predicted molar refractivity (Wildman–Crippen MR) is 57.5 cm³/mol. The van der Waals surface area contributed by atoms with Gasteiger partial charge < -0.3 is 9.64 Å². The highest BCUT2D eigenvalue weighted by Gasteiger charge is 2.37. The molecule has 0 spiro atoms. The van der Waals surface area contributed by atoms with E-state index in [1.54, 1.807) is 0 Å². The molecule has 2 aliphatic rings. The summed E-state index contributed by atoms with van der Waals surface area (Å²) in [5, 5.41) is 0. The Hall–Kier alpha value is -0.120. The zero-order valence-corrected chi connectivity index (χ0v) is 9.79. The Morgan fingerprint density at radius 1 is 1.00 bits per heavy atom. The highest BCUT2D eigenvalue weighted by atomic mass is 16.5. The maximum Gasteiger partial charge on any atom is 0.0834 e. The van der Waals surface area contributed by atoms with Crippen molar-refractivity contribution in [3.63, 3.8) is 0 Å². The van der Waals surface area contributed by atoms with Gasteiger partial charge in [-0.1, -0.05) is 0 Å². The minimum atomic E-state index is 0.316. The molecular formula is C11H22N2O. The predicted octanol–water partition coefficient (Wildman–Crippen LogP) is 0.800. The Balaban J connectivity index is 1.64. The van der Waals surface area contributed by atoms with Crippen molar-refractivity contribution in [2.24, 2.45) is 0 Å². The maximum atomic E-state index is 5.93. The first-order valence-corrected chi connectivity index (χ1v) is 5.54. The summed E-state index contributed by atoms with van der Waals surface area (Å²) in [6.45, 7) is 11.3. The van der Waals surface area contributed by atoms with Crippen LogP contribution < -0.4 is 0 Å². The molecule has 82 valence electrons. The molecule has 2 saturated heterocycles. The molecule has 2 rings (SSSR count). The summed E-state index contributed by atoms with van der Waals surface area (Å²) in [6, 6.07) is 0. The third-order valence-electron chi connectivity index (χ3n) is 3.21. The van der Waals surface area contributed by atoms with Crippen molar-refractivity contribution >= 4 is 0 Å². The number of hydrogen-bond donors (Lipinski definition) is 0. The minimum Gasteiger partial charge on any atom is -0.370 e. The molecule has 3 nitrogen and oxygen atoms in total. The summed E-state index contributed by atoms with van der Waals surface area (Å²) < 4.78 is 5.93. The molecule has 0 aromatic carbocycles. The minimum absolute atomic E-state index is 0.316. The van der Waals surface area contributed by atoms with Crippen molar-refractivity contribution in [2.75, 3.05) is 33.2 Å². The zero-order valence-electron chi connectivity index (χ0n) is 9.79. The third kappa shape index (κ3) is 2.10. The largest absolute Gasteiger partial charge is 0.370 e. The Labute approximate surface area is 87.0 Å². The van der Waals surface area contributed by atoms with E-state index in [2.05, 4.69) is 37.6 Å². The van der Waals surface area contributed by atoms with E-state index >= 15 is 0 Å². The molecule has 3 heteroatoms. The fourth-order valence-electron chi connectivity index (χ4n) is 2.07. The van der Waals surface area contributed by atoms with Crippen LogP contribution in [0, 0.1) is 0 Å². The van der Waals surface area contributed by atoms with E-state index in [1.807, 2.05) is 0 Å². The van der Waals surface area contributed by atoms with Crippen molar-refractivity contribution in [2.45, 2.75) is 38.5 Å². The number of nitrogens with zero attached hydrogens (tertiary/aromatic N) is 2. The Bertz CT molecular complexity index is 200. The summed E-state index contributed by atoms with van der Waals surface area (Å²) in [7, 11) is 2.14. The van der Waals surface area contributed by atoms with Gasteiger partial charge in [-0.3, -0.25) is 4.90 Å². The number of ether oxygens (including phenoxy) is 1. The van der Waals surface area contributed by atoms with Gasteiger partial charge in [0.2, 0.25) is 0 Å². The van der Waals surface area contributed by atoms with Crippen LogP contribution in [0.2, 0.25) is 0 Å². The van der Waals surface area contributed by atoms with Crippen molar-refractivity contribution in [3.8, 4) is 0 Å². The Morgan fingerprint density at radius 3 is 1.93 bits per heavy atom. The van der Waals surface area contributed by atoms with E-state index in [0.717, 1.165) is 26.2 Å². The van der Waals surface area contributed by atoms with E-state index in [4.69, 9.17) is 4.74 Å². The topological polar surface area (TPSA) is 15.7 Å². The molecule has 0 unspecified atom stereocenters. The summed E-state index contributed by atoms with van der Waals surface area (Å²) in [5.41, 5.74) is 0.316. The number of hydrogen-bond acceptors (Lipinski definition) is 3. The van der Waals surface area contributed by atoms with Gasteiger partial charge in [-0.25, -0.2) is 0 Å². The molecule has 0 aromatic rings. The molecule has 0 N–H and O–H groups in total. The van der Waals surface area contributed by atoms with E-state index in [9.17, 15) is 0 Å². The van der Waals surface area contributed by atoms with Gasteiger partial charge in [0.1, 0.15) is 0 Å². The van der Waals surface area contributed by atoms with Gasteiger partial charge in [0.15, 0.2) is 0 Å². The lowest BCUT2D eigenvalue weighted by Crippen LogP contribution is -2.62. The van der Waals surface area contributed by atoms with Crippen LogP contribution in [0.1, 0.15) is 20.8 Å². The van der Waals surface area contributed by atoms with Crippen LogP contribution in [0.5, 0.6) is 0 Å². The fraction of sp³-hybridized carbons (Fsp3) is 1.00. The average Bonchev–Trinajstić information content (AvgIpc) is 1.88. The van der Waals surface area contributed by atoms with Crippen LogP contribution in [0.15, 0.2) is 0 Å². The van der Waals surface area contributed by atoms with E-state index in [0.29, 0.717) is 17.7 Å². The number of likely N-dealkylation sites (N-methyl/N-ethyl adjacent to an activating group) is 1. The van der Waals surface area contributed by atoms with Gasteiger partial charge in [-0.2, -0.15) is 0 Å². The Kier molecular flexibility index (Phi) is 2.58. The van der Waals surface area contributed by atoms with Crippen LogP contribution in [-0.4, -0.2) is 60.8 Å². The monoisotopic (exact) mass is 198 g/mol. The van der Waals surface area contributed by atoms with Gasteiger partial charge in [-0.15, -0.1) is 0 Å². The molecule has 14 heavy (non-hydrogen) atoms. The third-order valence-corrected chi connectivity index (χ3v) is 3.21. The zero-order chi connectivity index (χ0) is 10.3. The number of rotatable bonds is 2. The standard InChI is InChI=1S/C11H22N2O/c1-11(2,3)13-7-10(8-13)14-9-5-12(4)6-9/h9-10H,5-8H2,1-4H3. The normalized spacial score (nSPS) is 27.4. The summed E-state index contributed by atoms with van der Waals surface area (Å²) in [4.78, 5) is 4.77. The molecule has 0 amide bonds.